The van der Waals surface area contributed by atoms with Gasteiger partial charge in [-0.25, -0.2) is 4.39 Å². The Morgan fingerprint density at radius 1 is 0.893 bits per heavy atom. The highest BCUT2D eigenvalue weighted by molar-refractivity contribution is 6.07. The molecule has 0 spiro atoms. The molecule has 0 atom stereocenters. The van der Waals surface area contributed by atoms with E-state index in [0.717, 1.165) is 11.1 Å². The maximum absolute atomic E-state index is 13.0. The number of ether oxygens (including phenoxy) is 2. The molecule has 1 saturated carbocycles. The van der Waals surface area contributed by atoms with Crippen LogP contribution in [0, 0.1) is 11.2 Å². The lowest BCUT2D eigenvalue weighted by molar-refractivity contribution is -0.137. The molecule has 0 saturated heterocycles. The molecule has 2 amide bonds. The summed E-state index contributed by atoms with van der Waals surface area (Å²) in [6.07, 6.45) is 1.03. The van der Waals surface area contributed by atoms with Crippen molar-refractivity contribution in [1.82, 2.24) is 10.6 Å². The minimum Gasteiger partial charge on any atom is -0.493 e. The Morgan fingerprint density at radius 2 is 1.43 bits per heavy atom. The minimum atomic E-state index is -1.02. The fourth-order valence-electron chi connectivity index (χ4n) is 2.98. The Bertz CT molecular complexity index is 863. The SMILES string of the molecule is COc1ccc(CNC(=O)C2(C(=O)NCc3ccc(F)cc3)CC2)cc1OC. The van der Waals surface area contributed by atoms with Gasteiger partial charge in [-0.15, -0.1) is 0 Å². The van der Waals surface area contributed by atoms with Crippen molar-refractivity contribution in [3.8, 4) is 11.5 Å². The number of benzene rings is 2. The third kappa shape index (κ3) is 4.24. The number of carbonyl (C=O) groups is 2. The maximum Gasteiger partial charge on any atom is 0.235 e. The quantitative estimate of drug-likeness (QED) is 0.684. The fourth-order valence-corrected chi connectivity index (χ4v) is 2.98. The van der Waals surface area contributed by atoms with Crippen LogP contribution >= 0.6 is 0 Å². The number of halogens is 1. The van der Waals surface area contributed by atoms with E-state index in [1.165, 1.54) is 12.1 Å². The van der Waals surface area contributed by atoms with E-state index in [1.807, 2.05) is 6.07 Å². The number of hydrogen-bond acceptors (Lipinski definition) is 4. The van der Waals surface area contributed by atoms with Gasteiger partial charge in [0, 0.05) is 13.1 Å². The van der Waals surface area contributed by atoms with Crippen LogP contribution in [-0.4, -0.2) is 26.0 Å². The van der Waals surface area contributed by atoms with Gasteiger partial charge in [0.2, 0.25) is 11.8 Å². The van der Waals surface area contributed by atoms with E-state index >= 15 is 0 Å². The van der Waals surface area contributed by atoms with Gasteiger partial charge in [-0.2, -0.15) is 0 Å². The standard InChI is InChI=1S/C21H23FN2O4/c1-27-17-8-5-15(11-18(17)28-2)13-24-20(26)21(9-10-21)19(25)23-12-14-3-6-16(22)7-4-14/h3-8,11H,9-10,12-13H2,1-2H3,(H,23,25)(H,24,26). The number of amides is 2. The molecule has 0 aliphatic heterocycles. The van der Waals surface area contributed by atoms with Crippen molar-refractivity contribution in [2.75, 3.05) is 14.2 Å². The van der Waals surface area contributed by atoms with Crippen molar-refractivity contribution in [2.24, 2.45) is 5.41 Å². The summed E-state index contributed by atoms with van der Waals surface area (Å²) in [5, 5.41) is 5.61. The normalized spacial score (nSPS) is 14.1. The van der Waals surface area contributed by atoms with Crippen LogP contribution in [0.1, 0.15) is 24.0 Å². The van der Waals surface area contributed by atoms with Gasteiger partial charge in [0.05, 0.1) is 14.2 Å². The largest absolute Gasteiger partial charge is 0.493 e. The van der Waals surface area contributed by atoms with Crippen LogP contribution in [0.3, 0.4) is 0 Å². The number of carbonyl (C=O) groups excluding carboxylic acids is 2. The Balaban J connectivity index is 1.56. The lowest BCUT2D eigenvalue weighted by Gasteiger charge is -2.16. The predicted molar refractivity (Wildman–Crippen MR) is 101 cm³/mol. The van der Waals surface area contributed by atoms with E-state index in [9.17, 15) is 14.0 Å². The molecule has 6 nitrogen and oxygen atoms in total. The molecule has 1 aliphatic rings. The predicted octanol–water partition coefficient (Wildman–Crippen LogP) is 2.56. The van der Waals surface area contributed by atoms with Crippen LogP contribution in [0.4, 0.5) is 4.39 Å². The molecule has 2 aromatic carbocycles. The van der Waals surface area contributed by atoms with E-state index in [-0.39, 0.29) is 30.7 Å². The van der Waals surface area contributed by atoms with Crippen molar-refractivity contribution in [2.45, 2.75) is 25.9 Å². The molecular weight excluding hydrogens is 363 g/mol. The molecule has 148 valence electrons. The van der Waals surface area contributed by atoms with E-state index in [4.69, 9.17) is 9.47 Å². The molecule has 3 rings (SSSR count). The van der Waals surface area contributed by atoms with E-state index in [2.05, 4.69) is 10.6 Å². The third-order valence-electron chi connectivity index (χ3n) is 4.89. The molecule has 7 heteroatoms. The Morgan fingerprint density at radius 3 is 1.96 bits per heavy atom. The fraction of sp³-hybridized carbons (Fsp3) is 0.333. The van der Waals surface area contributed by atoms with Crippen LogP contribution < -0.4 is 20.1 Å². The first-order valence-corrected chi connectivity index (χ1v) is 9.00. The smallest absolute Gasteiger partial charge is 0.235 e. The molecule has 2 N–H and O–H groups in total. The van der Waals surface area contributed by atoms with Crippen molar-refractivity contribution in [3.63, 3.8) is 0 Å². The number of rotatable bonds is 8. The molecule has 2 aromatic rings. The van der Waals surface area contributed by atoms with Gasteiger partial charge < -0.3 is 20.1 Å². The summed E-state index contributed by atoms with van der Waals surface area (Å²) >= 11 is 0. The van der Waals surface area contributed by atoms with Crippen molar-refractivity contribution in [3.05, 3.63) is 59.4 Å². The monoisotopic (exact) mass is 386 g/mol. The minimum absolute atomic E-state index is 0.254. The molecule has 1 fully saturated rings. The van der Waals surface area contributed by atoms with Gasteiger partial charge in [0.15, 0.2) is 11.5 Å². The number of methoxy groups -OCH3 is 2. The van der Waals surface area contributed by atoms with Gasteiger partial charge in [0.1, 0.15) is 11.2 Å². The highest BCUT2D eigenvalue weighted by atomic mass is 19.1. The molecule has 28 heavy (non-hydrogen) atoms. The Kier molecular flexibility index (Phi) is 5.82. The summed E-state index contributed by atoms with van der Waals surface area (Å²) in [7, 11) is 3.10. The second-order valence-electron chi connectivity index (χ2n) is 6.76. The third-order valence-corrected chi connectivity index (χ3v) is 4.89. The summed E-state index contributed by atoms with van der Waals surface area (Å²) in [5.74, 6) is 0.257. The molecule has 0 aromatic heterocycles. The lowest BCUT2D eigenvalue weighted by atomic mass is 10.0. The molecule has 0 unspecified atom stereocenters. The zero-order chi connectivity index (χ0) is 20.1. The van der Waals surface area contributed by atoms with Crippen LogP contribution in [0.15, 0.2) is 42.5 Å². The first-order chi connectivity index (χ1) is 13.5. The first kappa shape index (κ1) is 19.7. The zero-order valence-corrected chi connectivity index (χ0v) is 15.9. The molecule has 0 heterocycles. The van der Waals surface area contributed by atoms with Crippen molar-refractivity contribution < 1.29 is 23.5 Å². The van der Waals surface area contributed by atoms with Crippen LogP contribution in [0.5, 0.6) is 11.5 Å². The maximum atomic E-state index is 13.0. The highest BCUT2D eigenvalue weighted by Crippen LogP contribution is 2.46. The van der Waals surface area contributed by atoms with Crippen LogP contribution in [0.2, 0.25) is 0 Å². The Labute approximate surface area is 163 Å². The van der Waals surface area contributed by atoms with Gasteiger partial charge in [0.25, 0.3) is 0 Å². The van der Waals surface area contributed by atoms with Gasteiger partial charge >= 0.3 is 0 Å². The molecule has 0 bridgehead atoms. The second kappa shape index (κ2) is 8.29. The van der Waals surface area contributed by atoms with Gasteiger partial charge in [-0.05, 0) is 48.2 Å². The van der Waals surface area contributed by atoms with Crippen LogP contribution in [-0.2, 0) is 22.7 Å². The second-order valence-corrected chi connectivity index (χ2v) is 6.76. The highest BCUT2D eigenvalue weighted by Gasteiger charge is 2.56. The summed E-state index contributed by atoms with van der Waals surface area (Å²) in [4.78, 5) is 25.1. The topological polar surface area (TPSA) is 76.7 Å². The van der Waals surface area contributed by atoms with Gasteiger partial charge in [-0.1, -0.05) is 18.2 Å². The molecule has 1 aliphatic carbocycles. The lowest BCUT2D eigenvalue weighted by Crippen LogP contribution is -2.42. The van der Waals surface area contributed by atoms with E-state index < -0.39 is 5.41 Å². The summed E-state index contributed by atoms with van der Waals surface area (Å²) in [5.41, 5.74) is 0.598. The summed E-state index contributed by atoms with van der Waals surface area (Å²) in [6.45, 7) is 0.538. The Hall–Kier alpha value is -3.09. The average molecular weight is 386 g/mol. The number of nitrogens with one attached hydrogen (secondary N) is 2. The summed E-state index contributed by atoms with van der Waals surface area (Å²) in [6, 6.07) is 11.3. The van der Waals surface area contributed by atoms with E-state index in [1.54, 1.807) is 38.5 Å². The molecule has 0 radical (unpaired) electrons. The van der Waals surface area contributed by atoms with Gasteiger partial charge in [-0.3, -0.25) is 9.59 Å². The summed E-state index contributed by atoms with van der Waals surface area (Å²) < 4.78 is 23.4. The average Bonchev–Trinajstić information content (AvgIpc) is 3.53. The van der Waals surface area contributed by atoms with Crippen LogP contribution in [0.25, 0.3) is 0 Å². The number of hydrogen-bond donors (Lipinski definition) is 2. The van der Waals surface area contributed by atoms with E-state index in [0.29, 0.717) is 24.3 Å². The van der Waals surface area contributed by atoms with Crippen molar-refractivity contribution in [1.29, 1.82) is 0 Å². The first-order valence-electron chi connectivity index (χ1n) is 9.00. The molecular formula is C21H23FN2O4. The zero-order valence-electron chi connectivity index (χ0n) is 15.9. The van der Waals surface area contributed by atoms with Crippen molar-refractivity contribution >= 4 is 11.8 Å².